The van der Waals surface area contributed by atoms with Crippen molar-refractivity contribution in [1.29, 1.82) is 0 Å². The van der Waals surface area contributed by atoms with E-state index in [1.807, 2.05) is 13.0 Å². The number of nitrogens with zero attached hydrogens (tertiary/aromatic N) is 2. The minimum atomic E-state index is -3.49. The molecule has 3 N–H and O–H groups in total. The Labute approximate surface area is 115 Å². The molecule has 0 aliphatic heterocycles. The van der Waals surface area contributed by atoms with Gasteiger partial charge in [-0.1, -0.05) is 6.92 Å². The fourth-order valence-corrected chi connectivity index (χ4v) is 3.75. The Kier molecular flexibility index (Phi) is 4.64. The van der Waals surface area contributed by atoms with E-state index >= 15 is 0 Å². The van der Waals surface area contributed by atoms with Crippen LogP contribution in [-0.2, 0) is 23.1 Å². The van der Waals surface area contributed by atoms with Crippen molar-refractivity contribution in [2.75, 3.05) is 6.54 Å². The third kappa shape index (κ3) is 3.83. The van der Waals surface area contributed by atoms with Crippen LogP contribution in [0.4, 0.5) is 0 Å². The van der Waals surface area contributed by atoms with Gasteiger partial charge in [-0.25, -0.2) is 18.1 Å². The smallest absolute Gasteiger partial charge is 0.250 e. The molecular formula is C10H15N5O2S2. The van der Waals surface area contributed by atoms with E-state index in [1.54, 1.807) is 6.07 Å². The number of aromatic amines is 1. The quantitative estimate of drug-likeness (QED) is 0.689. The van der Waals surface area contributed by atoms with Crippen LogP contribution in [-0.4, -0.2) is 30.1 Å². The van der Waals surface area contributed by atoms with Gasteiger partial charge >= 0.3 is 0 Å². The molecule has 0 fully saturated rings. The maximum Gasteiger partial charge on any atom is 0.250 e. The molecule has 2 aromatic heterocycles. The molecule has 7 nitrogen and oxygen atoms in total. The van der Waals surface area contributed by atoms with Gasteiger partial charge in [0, 0.05) is 11.4 Å². The zero-order valence-electron chi connectivity index (χ0n) is 10.4. The largest absolute Gasteiger partial charge is 0.312 e. The Morgan fingerprint density at radius 3 is 2.89 bits per heavy atom. The molecule has 0 aromatic carbocycles. The van der Waals surface area contributed by atoms with Crippen molar-refractivity contribution in [3.8, 4) is 0 Å². The average Bonchev–Trinajstić information content (AvgIpc) is 3.05. The monoisotopic (exact) mass is 301 g/mol. The lowest BCUT2D eigenvalue weighted by molar-refractivity contribution is 0.581. The van der Waals surface area contributed by atoms with E-state index in [0.717, 1.165) is 11.4 Å². The summed E-state index contributed by atoms with van der Waals surface area (Å²) in [6.07, 6.45) is 1.34. The Balaban J connectivity index is 2.00. The minimum absolute atomic E-state index is 0.1000. The number of aromatic nitrogens is 3. The summed E-state index contributed by atoms with van der Waals surface area (Å²) in [7, 11) is -3.49. The number of thiophene rings is 1. The van der Waals surface area contributed by atoms with Crippen LogP contribution in [0.1, 0.15) is 17.6 Å². The van der Waals surface area contributed by atoms with Crippen molar-refractivity contribution >= 4 is 21.4 Å². The summed E-state index contributed by atoms with van der Waals surface area (Å²) in [5, 5.41) is 9.41. The SMILES string of the molecule is CCNCc1ccc(S(=O)(=O)NCc2ncn[nH]2)s1. The fraction of sp³-hybridized carbons (Fsp3) is 0.400. The lowest BCUT2D eigenvalue weighted by Crippen LogP contribution is -2.23. The van der Waals surface area contributed by atoms with Crippen LogP contribution in [0.5, 0.6) is 0 Å². The number of H-pyrrole nitrogens is 1. The third-order valence-corrected chi connectivity index (χ3v) is 5.32. The highest BCUT2D eigenvalue weighted by Crippen LogP contribution is 2.21. The molecule has 0 aliphatic rings. The van der Waals surface area contributed by atoms with Gasteiger partial charge in [0.05, 0.1) is 6.54 Å². The number of sulfonamides is 1. The Bertz CT molecular complexity index is 606. The average molecular weight is 301 g/mol. The fourth-order valence-electron chi connectivity index (χ4n) is 1.40. The van der Waals surface area contributed by atoms with Crippen LogP contribution in [0.3, 0.4) is 0 Å². The third-order valence-electron chi connectivity index (χ3n) is 2.35. The molecule has 0 aliphatic carbocycles. The Morgan fingerprint density at radius 2 is 2.21 bits per heavy atom. The molecule has 0 unspecified atom stereocenters. The molecule has 2 rings (SSSR count). The predicted molar refractivity (Wildman–Crippen MR) is 72.1 cm³/mol. The van der Waals surface area contributed by atoms with Gasteiger partial charge in [0.15, 0.2) is 0 Å². The minimum Gasteiger partial charge on any atom is -0.312 e. The summed E-state index contributed by atoms with van der Waals surface area (Å²) in [6.45, 7) is 3.63. The van der Waals surface area contributed by atoms with Crippen LogP contribution >= 0.6 is 11.3 Å². The zero-order valence-corrected chi connectivity index (χ0v) is 12.0. The second kappa shape index (κ2) is 6.24. The number of hydrogen-bond acceptors (Lipinski definition) is 6. The van der Waals surface area contributed by atoms with Crippen molar-refractivity contribution in [2.45, 2.75) is 24.2 Å². The van der Waals surface area contributed by atoms with Gasteiger partial charge in [0.1, 0.15) is 16.4 Å². The summed E-state index contributed by atoms with van der Waals surface area (Å²) < 4.78 is 26.8. The molecule has 0 saturated heterocycles. The molecule has 19 heavy (non-hydrogen) atoms. The van der Waals surface area contributed by atoms with Gasteiger partial charge in [-0.2, -0.15) is 5.10 Å². The molecule has 0 radical (unpaired) electrons. The lowest BCUT2D eigenvalue weighted by Gasteiger charge is -2.02. The van der Waals surface area contributed by atoms with Gasteiger partial charge in [-0.3, -0.25) is 5.10 Å². The molecule has 104 valence electrons. The van der Waals surface area contributed by atoms with Crippen molar-refractivity contribution in [3.05, 3.63) is 29.2 Å². The maximum absolute atomic E-state index is 12.0. The summed E-state index contributed by atoms with van der Waals surface area (Å²) in [5.74, 6) is 0.480. The topological polar surface area (TPSA) is 99.8 Å². The second-order valence-electron chi connectivity index (χ2n) is 3.76. The van der Waals surface area contributed by atoms with Crippen molar-refractivity contribution in [3.63, 3.8) is 0 Å². The summed E-state index contributed by atoms with van der Waals surface area (Å²) in [6, 6.07) is 3.43. The van der Waals surface area contributed by atoms with E-state index in [4.69, 9.17) is 0 Å². The molecule has 0 saturated carbocycles. The van der Waals surface area contributed by atoms with Crippen LogP contribution < -0.4 is 10.0 Å². The van der Waals surface area contributed by atoms with Gasteiger partial charge in [-0.05, 0) is 18.7 Å². The molecule has 9 heteroatoms. The zero-order chi connectivity index (χ0) is 13.7. The van der Waals surface area contributed by atoms with Crippen molar-refractivity contribution in [1.82, 2.24) is 25.2 Å². The molecule has 0 spiro atoms. The molecule has 0 amide bonds. The highest BCUT2D eigenvalue weighted by atomic mass is 32.2. The maximum atomic E-state index is 12.0. The van der Waals surface area contributed by atoms with Crippen molar-refractivity contribution < 1.29 is 8.42 Å². The van der Waals surface area contributed by atoms with Gasteiger partial charge < -0.3 is 5.32 Å². The van der Waals surface area contributed by atoms with E-state index in [-0.39, 0.29) is 6.54 Å². The molecular weight excluding hydrogens is 286 g/mol. The summed E-state index contributed by atoms with van der Waals surface area (Å²) >= 11 is 1.26. The predicted octanol–water partition coefficient (Wildman–Crippen LogP) is 0.454. The molecule has 0 bridgehead atoms. The normalized spacial score (nSPS) is 11.8. The summed E-state index contributed by atoms with van der Waals surface area (Å²) in [5.41, 5.74) is 0. The number of nitrogens with one attached hydrogen (secondary N) is 3. The van der Waals surface area contributed by atoms with Crippen LogP contribution in [0, 0.1) is 0 Å². The molecule has 2 heterocycles. The standard InChI is InChI=1S/C10H15N5O2S2/c1-2-11-5-8-3-4-10(18-8)19(16,17)14-6-9-12-7-13-15-9/h3-4,7,11,14H,2,5-6H2,1H3,(H,12,13,15). The highest BCUT2D eigenvalue weighted by molar-refractivity contribution is 7.91. The first-order valence-electron chi connectivity index (χ1n) is 5.75. The summed E-state index contributed by atoms with van der Waals surface area (Å²) in [4.78, 5) is 4.85. The first-order chi connectivity index (χ1) is 9.12. The second-order valence-corrected chi connectivity index (χ2v) is 6.92. The van der Waals surface area contributed by atoms with Gasteiger partial charge in [-0.15, -0.1) is 11.3 Å². The molecule has 2 aromatic rings. The lowest BCUT2D eigenvalue weighted by atomic mass is 10.4. The number of hydrogen-bond donors (Lipinski definition) is 3. The first-order valence-corrected chi connectivity index (χ1v) is 8.05. The van der Waals surface area contributed by atoms with Gasteiger partial charge in [0.25, 0.3) is 0 Å². The van der Waals surface area contributed by atoms with E-state index in [1.165, 1.54) is 17.7 Å². The highest BCUT2D eigenvalue weighted by Gasteiger charge is 2.16. The Hall–Kier alpha value is -1.29. The van der Waals surface area contributed by atoms with Crippen LogP contribution in [0.25, 0.3) is 0 Å². The Morgan fingerprint density at radius 1 is 1.37 bits per heavy atom. The van der Waals surface area contributed by atoms with Crippen molar-refractivity contribution in [2.24, 2.45) is 0 Å². The first kappa shape index (κ1) is 14.1. The van der Waals surface area contributed by atoms with E-state index in [0.29, 0.717) is 16.6 Å². The van der Waals surface area contributed by atoms with E-state index in [9.17, 15) is 8.42 Å². The van der Waals surface area contributed by atoms with Gasteiger partial charge in [0.2, 0.25) is 10.0 Å². The van der Waals surface area contributed by atoms with Crippen LogP contribution in [0.2, 0.25) is 0 Å². The van der Waals surface area contributed by atoms with E-state index in [2.05, 4.69) is 25.2 Å². The number of rotatable bonds is 7. The van der Waals surface area contributed by atoms with E-state index < -0.39 is 10.0 Å². The van der Waals surface area contributed by atoms with Crippen LogP contribution in [0.15, 0.2) is 22.7 Å². The molecule has 0 atom stereocenters.